The summed E-state index contributed by atoms with van der Waals surface area (Å²) in [5.41, 5.74) is 1.98. The van der Waals surface area contributed by atoms with E-state index in [1.807, 2.05) is 30.3 Å². The highest BCUT2D eigenvalue weighted by molar-refractivity contribution is 7.89. The molecule has 0 aliphatic carbocycles. The van der Waals surface area contributed by atoms with Crippen molar-refractivity contribution >= 4 is 26.5 Å². The summed E-state index contributed by atoms with van der Waals surface area (Å²) < 4.78 is 35.1. The molecule has 122 valence electrons. The average molecular weight is 350 g/mol. The summed E-state index contributed by atoms with van der Waals surface area (Å²) in [6, 6.07) is 14.4. The molecule has 0 radical (unpaired) electrons. The second-order valence-corrected chi connectivity index (χ2v) is 8.57. The van der Waals surface area contributed by atoms with Gasteiger partial charge in [-0.1, -0.05) is 18.2 Å². The smallest absolute Gasteiger partial charge is 0.238 e. The number of anilines is 1. The lowest BCUT2D eigenvalue weighted by molar-refractivity contribution is 0.597. The zero-order chi connectivity index (χ0) is 16.4. The molecule has 0 aromatic heterocycles. The van der Waals surface area contributed by atoms with Crippen LogP contribution in [-0.4, -0.2) is 31.5 Å². The number of primary sulfonamides is 1. The van der Waals surface area contributed by atoms with Crippen LogP contribution in [0.2, 0.25) is 0 Å². The second kappa shape index (κ2) is 6.43. The van der Waals surface area contributed by atoms with E-state index in [0.29, 0.717) is 12.3 Å². The van der Waals surface area contributed by atoms with Crippen molar-refractivity contribution in [2.75, 3.05) is 23.7 Å². The first-order valence-corrected chi connectivity index (χ1v) is 10.2. The van der Waals surface area contributed by atoms with Gasteiger partial charge in [-0.2, -0.15) is 0 Å². The number of nitrogens with two attached hydrogens (primary N) is 1. The summed E-state index contributed by atoms with van der Waals surface area (Å²) in [5, 5.41) is 5.17. The number of hydrogen-bond donors (Lipinski definition) is 1. The minimum absolute atomic E-state index is 0.144. The first-order chi connectivity index (χ1) is 10.9. The Kier molecular flexibility index (Phi) is 4.52. The Labute approximate surface area is 138 Å². The van der Waals surface area contributed by atoms with Crippen LogP contribution in [0.15, 0.2) is 58.3 Å². The molecule has 2 aromatic rings. The topological polar surface area (TPSA) is 80.5 Å². The molecule has 1 aliphatic rings. The van der Waals surface area contributed by atoms with Crippen molar-refractivity contribution in [2.45, 2.75) is 16.2 Å². The minimum Gasteiger partial charge on any atom is -0.370 e. The summed E-state index contributed by atoms with van der Waals surface area (Å²) in [7, 11) is -4.70. The zero-order valence-corrected chi connectivity index (χ0v) is 14.1. The molecule has 7 heteroatoms. The van der Waals surface area contributed by atoms with Gasteiger partial charge in [0.15, 0.2) is 0 Å². The first-order valence-electron chi connectivity index (χ1n) is 7.29. The molecule has 2 N–H and O–H groups in total. The molecule has 1 heterocycles. The number of benzene rings is 2. The van der Waals surface area contributed by atoms with Gasteiger partial charge in [-0.05, 0) is 42.3 Å². The molecule has 5 nitrogen and oxygen atoms in total. The maximum absolute atomic E-state index is 12.3. The van der Waals surface area contributed by atoms with Crippen molar-refractivity contribution in [1.82, 2.24) is 0 Å². The molecule has 0 bridgehead atoms. The van der Waals surface area contributed by atoms with Gasteiger partial charge in [0.1, 0.15) is 0 Å². The highest BCUT2D eigenvalue weighted by Gasteiger charge is 2.21. The lowest BCUT2D eigenvalue weighted by atomic mass is 10.2. The van der Waals surface area contributed by atoms with Crippen molar-refractivity contribution in [3.05, 3.63) is 54.1 Å². The number of sulfonamides is 1. The lowest BCUT2D eigenvalue weighted by Crippen LogP contribution is -2.25. The van der Waals surface area contributed by atoms with E-state index < -0.39 is 20.8 Å². The van der Waals surface area contributed by atoms with Crippen LogP contribution in [0.25, 0.3) is 0 Å². The van der Waals surface area contributed by atoms with E-state index in [1.165, 1.54) is 6.07 Å². The van der Waals surface area contributed by atoms with Gasteiger partial charge in [-0.3, -0.25) is 4.21 Å². The van der Waals surface area contributed by atoms with Gasteiger partial charge < -0.3 is 4.90 Å². The van der Waals surface area contributed by atoms with Crippen LogP contribution in [0.1, 0.15) is 5.56 Å². The number of nitrogens with zero attached hydrogens (tertiary/aromatic N) is 1. The Bertz CT molecular complexity index is 836. The van der Waals surface area contributed by atoms with Crippen LogP contribution in [0.4, 0.5) is 5.69 Å². The summed E-state index contributed by atoms with van der Waals surface area (Å²) >= 11 is 0. The number of hydrogen-bond acceptors (Lipinski definition) is 4. The highest BCUT2D eigenvalue weighted by Crippen LogP contribution is 2.29. The van der Waals surface area contributed by atoms with Crippen molar-refractivity contribution in [3.63, 3.8) is 0 Å². The van der Waals surface area contributed by atoms with Crippen LogP contribution in [0.5, 0.6) is 0 Å². The predicted molar refractivity (Wildman–Crippen MR) is 91.4 cm³/mol. The van der Waals surface area contributed by atoms with E-state index in [9.17, 15) is 12.6 Å². The third-order valence-electron chi connectivity index (χ3n) is 3.92. The van der Waals surface area contributed by atoms with Crippen LogP contribution >= 0.6 is 0 Å². The standard InChI is InChI=1S/C16H18N2O3S2/c17-23(20,21)15-6-7-16-13(12-15)8-9-18(16)10-11-22(19)14-4-2-1-3-5-14/h1-7,12H,8-11H2,(H2,17,20,21). The Morgan fingerprint density at radius 3 is 2.57 bits per heavy atom. The fourth-order valence-corrected chi connectivity index (χ4v) is 4.39. The van der Waals surface area contributed by atoms with E-state index in [0.717, 1.165) is 29.1 Å². The molecule has 0 amide bonds. The monoisotopic (exact) mass is 350 g/mol. The molecular formula is C16H18N2O3S2. The SMILES string of the molecule is NS(=O)(=O)c1ccc2c(c1)CCN2CCS(=O)c1ccccc1. The van der Waals surface area contributed by atoms with Gasteiger partial charge in [0.2, 0.25) is 10.0 Å². The molecule has 2 aromatic carbocycles. The van der Waals surface area contributed by atoms with E-state index in [-0.39, 0.29) is 4.90 Å². The molecule has 0 spiro atoms. The minimum atomic E-state index is -3.67. The fourth-order valence-electron chi connectivity index (χ4n) is 2.74. The van der Waals surface area contributed by atoms with Gasteiger partial charge in [-0.15, -0.1) is 0 Å². The van der Waals surface area contributed by atoms with Crippen molar-refractivity contribution < 1.29 is 12.6 Å². The maximum Gasteiger partial charge on any atom is 0.238 e. The van der Waals surface area contributed by atoms with Crippen LogP contribution in [0, 0.1) is 0 Å². The largest absolute Gasteiger partial charge is 0.370 e. The zero-order valence-electron chi connectivity index (χ0n) is 12.5. The van der Waals surface area contributed by atoms with E-state index in [4.69, 9.17) is 5.14 Å². The Balaban J connectivity index is 1.70. The Morgan fingerprint density at radius 2 is 1.87 bits per heavy atom. The maximum atomic E-state index is 12.3. The van der Waals surface area contributed by atoms with Crippen molar-refractivity contribution in [3.8, 4) is 0 Å². The first kappa shape index (κ1) is 16.2. The molecule has 0 saturated heterocycles. The van der Waals surface area contributed by atoms with Crippen LogP contribution in [0.3, 0.4) is 0 Å². The third-order valence-corrected chi connectivity index (χ3v) is 6.19. The van der Waals surface area contributed by atoms with E-state index >= 15 is 0 Å². The molecule has 0 saturated carbocycles. The third kappa shape index (κ3) is 3.63. The summed E-state index contributed by atoms with van der Waals surface area (Å²) in [4.78, 5) is 3.12. The van der Waals surface area contributed by atoms with E-state index in [2.05, 4.69) is 4.90 Å². The van der Waals surface area contributed by atoms with Gasteiger partial charge in [0.05, 0.1) is 15.7 Å². The van der Waals surface area contributed by atoms with Gasteiger partial charge in [0.25, 0.3) is 0 Å². The molecule has 3 rings (SSSR count). The molecule has 23 heavy (non-hydrogen) atoms. The van der Waals surface area contributed by atoms with E-state index in [1.54, 1.807) is 12.1 Å². The van der Waals surface area contributed by atoms with Crippen LogP contribution < -0.4 is 10.0 Å². The number of fused-ring (bicyclic) bond motifs is 1. The van der Waals surface area contributed by atoms with Gasteiger partial charge >= 0.3 is 0 Å². The average Bonchev–Trinajstić information content (AvgIpc) is 2.95. The highest BCUT2D eigenvalue weighted by atomic mass is 32.2. The molecular weight excluding hydrogens is 332 g/mol. The Hall–Kier alpha value is -1.70. The van der Waals surface area contributed by atoms with Gasteiger partial charge in [-0.25, -0.2) is 13.6 Å². The molecule has 1 aliphatic heterocycles. The lowest BCUT2D eigenvalue weighted by Gasteiger charge is -2.19. The molecule has 0 fully saturated rings. The normalized spacial score (nSPS) is 15.4. The quantitative estimate of drug-likeness (QED) is 0.886. The van der Waals surface area contributed by atoms with Crippen molar-refractivity contribution in [2.24, 2.45) is 5.14 Å². The number of rotatable bonds is 5. The van der Waals surface area contributed by atoms with Gasteiger partial charge in [0, 0.05) is 29.4 Å². The van der Waals surface area contributed by atoms with Crippen LogP contribution in [-0.2, 0) is 27.2 Å². The summed E-state index contributed by atoms with van der Waals surface area (Å²) in [6.07, 6.45) is 0.774. The summed E-state index contributed by atoms with van der Waals surface area (Å²) in [6.45, 7) is 1.47. The second-order valence-electron chi connectivity index (χ2n) is 5.44. The molecule has 1 atom stereocenters. The Morgan fingerprint density at radius 1 is 1.13 bits per heavy atom. The van der Waals surface area contributed by atoms with Crippen molar-refractivity contribution in [1.29, 1.82) is 0 Å². The predicted octanol–water partition coefficient (Wildman–Crippen LogP) is 1.50. The summed E-state index contributed by atoms with van der Waals surface area (Å²) in [5.74, 6) is 0.542. The fraction of sp³-hybridized carbons (Fsp3) is 0.250. The molecule has 1 unspecified atom stereocenters.